The molecule has 0 unspecified atom stereocenters. The molecule has 2 aromatic rings. The summed E-state index contributed by atoms with van der Waals surface area (Å²) in [5, 5.41) is 0. The fourth-order valence-electron chi connectivity index (χ4n) is 1.85. The molecule has 1 heterocycles. The highest BCUT2D eigenvalue weighted by Gasteiger charge is 2.07. The first-order valence-electron chi connectivity index (χ1n) is 5.58. The average molecular weight is 247 g/mol. The third kappa shape index (κ3) is 2.32. The Hall–Kier alpha value is -1.41. The fourth-order valence-corrected chi connectivity index (χ4v) is 1.98. The average Bonchev–Trinajstić information content (AvgIpc) is 2.36. The van der Waals surface area contributed by atoms with Crippen molar-refractivity contribution in [1.82, 2.24) is 9.97 Å². The van der Waals surface area contributed by atoms with Crippen molar-refractivity contribution in [2.24, 2.45) is 0 Å². The molecule has 0 amide bonds. The zero-order valence-corrected chi connectivity index (χ0v) is 11.0. The van der Waals surface area contributed by atoms with Gasteiger partial charge in [0.05, 0.1) is 11.6 Å². The van der Waals surface area contributed by atoms with Gasteiger partial charge >= 0.3 is 0 Å². The van der Waals surface area contributed by atoms with Crippen LogP contribution in [0.15, 0.2) is 24.4 Å². The molecule has 0 saturated heterocycles. The minimum atomic E-state index is 0.345. The molecule has 17 heavy (non-hydrogen) atoms. The van der Waals surface area contributed by atoms with Crippen LogP contribution in [0.3, 0.4) is 0 Å². The molecule has 0 aliphatic heterocycles. The number of aryl methyl sites for hydroxylation is 1. The molecular weight excluding hydrogens is 232 g/mol. The minimum absolute atomic E-state index is 0.345. The van der Waals surface area contributed by atoms with E-state index in [0.717, 1.165) is 11.3 Å². The quantitative estimate of drug-likeness (QED) is 0.753. The van der Waals surface area contributed by atoms with Gasteiger partial charge in [-0.15, -0.1) is 11.6 Å². The number of alkyl halides is 1. The summed E-state index contributed by atoms with van der Waals surface area (Å²) < 4.78 is 0. The molecule has 0 aliphatic carbocycles. The van der Waals surface area contributed by atoms with E-state index in [0.29, 0.717) is 11.7 Å². The Balaban J connectivity index is 2.56. The first-order chi connectivity index (χ1) is 8.13. The molecule has 0 saturated carbocycles. The van der Waals surface area contributed by atoms with Crippen LogP contribution in [-0.4, -0.2) is 9.97 Å². The molecule has 2 nitrogen and oxygen atoms in total. The Bertz CT molecular complexity index is 550. The zero-order chi connectivity index (χ0) is 12.4. The summed E-state index contributed by atoms with van der Waals surface area (Å²) in [7, 11) is 0. The van der Waals surface area contributed by atoms with E-state index in [-0.39, 0.29) is 0 Å². The predicted octanol–water partition coefficient (Wildman–Crippen LogP) is 3.81. The Kier molecular flexibility index (Phi) is 3.43. The summed E-state index contributed by atoms with van der Waals surface area (Å²) in [4.78, 5) is 8.56. The molecule has 88 valence electrons. The van der Waals surface area contributed by atoms with Crippen molar-refractivity contribution in [3.8, 4) is 11.3 Å². The van der Waals surface area contributed by atoms with Crippen LogP contribution in [0.4, 0.5) is 0 Å². The zero-order valence-electron chi connectivity index (χ0n) is 10.3. The molecule has 0 aliphatic rings. The Morgan fingerprint density at radius 1 is 1.06 bits per heavy atom. The van der Waals surface area contributed by atoms with E-state index in [2.05, 4.69) is 42.9 Å². The van der Waals surface area contributed by atoms with E-state index in [1.165, 1.54) is 16.7 Å². The van der Waals surface area contributed by atoms with Crippen molar-refractivity contribution >= 4 is 11.6 Å². The van der Waals surface area contributed by atoms with Crippen molar-refractivity contribution in [1.29, 1.82) is 0 Å². The van der Waals surface area contributed by atoms with Crippen molar-refractivity contribution in [2.75, 3.05) is 0 Å². The van der Waals surface area contributed by atoms with Crippen molar-refractivity contribution in [2.45, 2.75) is 26.7 Å². The monoisotopic (exact) mass is 246 g/mol. The fraction of sp³-hybridized carbons (Fsp3) is 0.286. The molecule has 0 bridgehead atoms. The number of rotatable bonds is 2. The van der Waals surface area contributed by atoms with E-state index in [4.69, 9.17) is 11.6 Å². The highest BCUT2D eigenvalue weighted by Crippen LogP contribution is 2.25. The number of benzene rings is 1. The van der Waals surface area contributed by atoms with Crippen LogP contribution >= 0.6 is 11.6 Å². The van der Waals surface area contributed by atoms with Crippen LogP contribution in [0.25, 0.3) is 11.3 Å². The molecule has 0 spiro atoms. The normalized spacial score (nSPS) is 10.6. The van der Waals surface area contributed by atoms with Crippen LogP contribution in [0, 0.1) is 20.8 Å². The Labute approximate surface area is 107 Å². The van der Waals surface area contributed by atoms with E-state index < -0.39 is 0 Å². The molecule has 1 aromatic carbocycles. The minimum Gasteiger partial charge on any atom is -0.240 e. The van der Waals surface area contributed by atoms with Gasteiger partial charge < -0.3 is 0 Å². The van der Waals surface area contributed by atoms with Crippen molar-refractivity contribution in [3.63, 3.8) is 0 Å². The van der Waals surface area contributed by atoms with E-state index >= 15 is 0 Å². The van der Waals surface area contributed by atoms with Gasteiger partial charge in [0, 0.05) is 11.8 Å². The van der Waals surface area contributed by atoms with Gasteiger partial charge in [-0.05, 0) is 43.5 Å². The van der Waals surface area contributed by atoms with Gasteiger partial charge in [0.25, 0.3) is 0 Å². The van der Waals surface area contributed by atoms with Gasteiger partial charge in [0.15, 0.2) is 0 Å². The van der Waals surface area contributed by atoms with Crippen LogP contribution in [0.5, 0.6) is 0 Å². The first-order valence-corrected chi connectivity index (χ1v) is 6.12. The van der Waals surface area contributed by atoms with E-state index in [9.17, 15) is 0 Å². The standard InChI is InChI=1S/C14H15ClN2/c1-9-4-5-12(11(3)10(9)2)13-6-7-16-14(8-15)17-13/h4-7H,8H2,1-3H3. The van der Waals surface area contributed by atoms with Gasteiger partial charge in [0.2, 0.25) is 0 Å². The third-order valence-corrected chi connectivity index (χ3v) is 3.40. The third-order valence-electron chi connectivity index (χ3n) is 3.16. The maximum atomic E-state index is 5.76. The Morgan fingerprint density at radius 2 is 1.82 bits per heavy atom. The maximum absolute atomic E-state index is 5.76. The van der Waals surface area contributed by atoms with Gasteiger partial charge in [-0.2, -0.15) is 0 Å². The first kappa shape index (κ1) is 12.1. The summed E-state index contributed by atoms with van der Waals surface area (Å²) in [5.41, 5.74) is 5.98. The van der Waals surface area contributed by atoms with Gasteiger partial charge in [-0.3, -0.25) is 0 Å². The SMILES string of the molecule is Cc1ccc(-c2ccnc(CCl)n2)c(C)c1C. The number of aromatic nitrogens is 2. The molecule has 2 rings (SSSR count). The second-order valence-electron chi connectivity index (χ2n) is 4.17. The summed E-state index contributed by atoms with van der Waals surface area (Å²) >= 11 is 5.76. The molecular formula is C14H15ClN2. The lowest BCUT2D eigenvalue weighted by molar-refractivity contribution is 1.03. The molecule has 1 aromatic heterocycles. The topological polar surface area (TPSA) is 25.8 Å². The highest BCUT2D eigenvalue weighted by molar-refractivity contribution is 6.16. The Morgan fingerprint density at radius 3 is 2.53 bits per heavy atom. The van der Waals surface area contributed by atoms with E-state index in [1.807, 2.05) is 6.07 Å². The molecule has 0 N–H and O–H groups in total. The molecule has 0 fully saturated rings. The second kappa shape index (κ2) is 4.84. The second-order valence-corrected chi connectivity index (χ2v) is 4.44. The number of nitrogens with zero attached hydrogens (tertiary/aromatic N) is 2. The van der Waals surface area contributed by atoms with Gasteiger partial charge in [-0.1, -0.05) is 12.1 Å². The lowest BCUT2D eigenvalue weighted by Crippen LogP contribution is -1.96. The van der Waals surface area contributed by atoms with Crippen LogP contribution in [0.2, 0.25) is 0 Å². The summed E-state index contributed by atoms with van der Waals surface area (Å²) in [6.45, 7) is 6.38. The molecule has 0 radical (unpaired) electrons. The van der Waals surface area contributed by atoms with E-state index in [1.54, 1.807) is 6.20 Å². The molecule has 0 atom stereocenters. The predicted molar refractivity (Wildman–Crippen MR) is 71.2 cm³/mol. The number of halogens is 1. The smallest absolute Gasteiger partial charge is 0.143 e. The van der Waals surface area contributed by atoms with Crippen molar-refractivity contribution in [3.05, 3.63) is 46.9 Å². The number of hydrogen-bond acceptors (Lipinski definition) is 2. The lowest BCUT2D eigenvalue weighted by atomic mass is 9.97. The summed E-state index contributed by atoms with van der Waals surface area (Å²) in [6, 6.07) is 6.16. The van der Waals surface area contributed by atoms with Crippen LogP contribution in [0.1, 0.15) is 22.5 Å². The lowest BCUT2D eigenvalue weighted by Gasteiger charge is -2.11. The van der Waals surface area contributed by atoms with Gasteiger partial charge in [0.1, 0.15) is 5.82 Å². The highest BCUT2D eigenvalue weighted by atomic mass is 35.5. The summed E-state index contributed by atoms with van der Waals surface area (Å²) in [6.07, 6.45) is 1.76. The summed E-state index contributed by atoms with van der Waals surface area (Å²) in [5.74, 6) is 1.01. The molecule has 3 heteroatoms. The van der Waals surface area contributed by atoms with Crippen molar-refractivity contribution < 1.29 is 0 Å². The van der Waals surface area contributed by atoms with Crippen LogP contribution < -0.4 is 0 Å². The van der Waals surface area contributed by atoms with Crippen LogP contribution in [-0.2, 0) is 5.88 Å². The van der Waals surface area contributed by atoms with Gasteiger partial charge in [-0.25, -0.2) is 9.97 Å². The maximum Gasteiger partial charge on any atom is 0.143 e. The largest absolute Gasteiger partial charge is 0.240 e. The number of hydrogen-bond donors (Lipinski definition) is 0.